The van der Waals surface area contributed by atoms with Gasteiger partial charge in [0.25, 0.3) is 0 Å². The molecule has 0 saturated heterocycles. The highest BCUT2D eigenvalue weighted by atomic mass is 16.4. The Hall–Kier alpha value is -1.84. The molecule has 1 amide bonds. The molecule has 1 aromatic carbocycles. The second-order valence-electron chi connectivity index (χ2n) is 6.65. The van der Waals surface area contributed by atoms with E-state index in [1.165, 1.54) is 12.8 Å². The van der Waals surface area contributed by atoms with Gasteiger partial charge in [0.15, 0.2) is 0 Å². The van der Waals surface area contributed by atoms with E-state index in [4.69, 9.17) is 5.11 Å². The molecule has 3 unspecified atom stereocenters. The maximum Gasteiger partial charge on any atom is 0.305 e. The molecule has 4 heteroatoms. The number of carbonyl (C=O) groups is 2. The van der Waals surface area contributed by atoms with Gasteiger partial charge in [-0.25, -0.2) is 0 Å². The molecule has 0 bridgehead atoms. The van der Waals surface area contributed by atoms with Crippen LogP contribution < -0.4 is 5.32 Å². The van der Waals surface area contributed by atoms with Crippen LogP contribution in [0.1, 0.15) is 49.3 Å². The number of aryl methyl sites for hydroxylation is 1. The normalized spacial score (nSPS) is 27.6. The lowest BCUT2D eigenvalue weighted by Gasteiger charge is -2.19. The molecule has 3 rings (SSSR count). The van der Waals surface area contributed by atoms with E-state index in [-0.39, 0.29) is 18.2 Å². The predicted molar refractivity (Wildman–Crippen MR) is 83.3 cm³/mol. The smallest absolute Gasteiger partial charge is 0.305 e. The van der Waals surface area contributed by atoms with Gasteiger partial charge >= 0.3 is 5.97 Å². The van der Waals surface area contributed by atoms with E-state index in [1.807, 2.05) is 31.2 Å². The van der Waals surface area contributed by atoms with Gasteiger partial charge in [-0.3, -0.25) is 9.59 Å². The van der Waals surface area contributed by atoms with Crippen molar-refractivity contribution >= 4 is 11.9 Å². The van der Waals surface area contributed by atoms with Crippen LogP contribution in [0.25, 0.3) is 0 Å². The van der Waals surface area contributed by atoms with E-state index in [1.54, 1.807) is 0 Å². The summed E-state index contributed by atoms with van der Waals surface area (Å²) in [5.74, 6) is 0.350. The highest BCUT2D eigenvalue weighted by Crippen LogP contribution is 2.55. The third kappa shape index (κ3) is 3.01. The van der Waals surface area contributed by atoms with E-state index in [0.717, 1.165) is 24.0 Å². The fourth-order valence-electron chi connectivity index (χ4n) is 4.04. The van der Waals surface area contributed by atoms with Gasteiger partial charge in [0.05, 0.1) is 12.5 Å². The third-order valence-electron chi connectivity index (χ3n) is 5.22. The number of aliphatic carboxylic acids is 1. The van der Waals surface area contributed by atoms with E-state index in [0.29, 0.717) is 11.8 Å². The summed E-state index contributed by atoms with van der Waals surface area (Å²) in [6.07, 6.45) is 4.68. The Morgan fingerprint density at radius 2 is 1.86 bits per heavy atom. The first-order valence-corrected chi connectivity index (χ1v) is 8.15. The van der Waals surface area contributed by atoms with Crippen molar-refractivity contribution in [3.05, 3.63) is 35.4 Å². The Labute approximate surface area is 130 Å². The van der Waals surface area contributed by atoms with Crippen molar-refractivity contribution in [2.45, 2.75) is 45.1 Å². The van der Waals surface area contributed by atoms with Crippen LogP contribution in [0.2, 0.25) is 0 Å². The van der Waals surface area contributed by atoms with E-state index < -0.39 is 12.0 Å². The molecule has 1 aromatic rings. The molecular weight excluding hydrogens is 278 g/mol. The summed E-state index contributed by atoms with van der Waals surface area (Å²) in [6.45, 7) is 1.95. The quantitative estimate of drug-likeness (QED) is 0.878. The number of hydrogen-bond acceptors (Lipinski definition) is 2. The van der Waals surface area contributed by atoms with Crippen LogP contribution in [-0.4, -0.2) is 17.0 Å². The zero-order valence-corrected chi connectivity index (χ0v) is 12.9. The van der Waals surface area contributed by atoms with Gasteiger partial charge in [-0.2, -0.15) is 0 Å². The Bertz CT molecular complexity index is 571. The molecule has 2 saturated carbocycles. The SMILES string of the molecule is Cc1ccccc1C(CC(=O)O)NC(=O)C1C2CCCCC21. The lowest BCUT2D eigenvalue weighted by Crippen LogP contribution is -2.32. The zero-order chi connectivity index (χ0) is 15.7. The topological polar surface area (TPSA) is 66.4 Å². The lowest BCUT2D eigenvalue weighted by atomic mass is 9.98. The average Bonchev–Trinajstić information content (AvgIpc) is 3.21. The van der Waals surface area contributed by atoms with Crippen LogP contribution in [0.5, 0.6) is 0 Å². The zero-order valence-electron chi connectivity index (χ0n) is 12.9. The van der Waals surface area contributed by atoms with Gasteiger partial charge in [0.1, 0.15) is 0 Å². The fourth-order valence-corrected chi connectivity index (χ4v) is 4.04. The first-order chi connectivity index (χ1) is 10.6. The summed E-state index contributed by atoms with van der Waals surface area (Å²) in [6, 6.07) is 7.23. The second-order valence-corrected chi connectivity index (χ2v) is 6.65. The fraction of sp³-hybridized carbons (Fsp3) is 0.556. The van der Waals surface area contributed by atoms with Crippen molar-refractivity contribution in [3.8, 4) is 0 Å². The van der Waals surface area contributed by atoms with Gasteiger partial charge < -0.3 is 10.4 Å². The highest BCUT2D eigenvalue weighted by molar-refractivity contribution is 5.83. The summed E-state index contributed by atoms with van der Waals surface area (Å²) in [4.78, 5) is 23.7. The van der Waals surface area contributed by atoms with Gasteiger partial charge in [0.2, 0.25) is 5.91 Å². The minimum Gasteiger partial charge on any atom is -0.481 e. The molecular formula is C18H23NO3. The average molecular weight is 301 g/mol. The van der Waals surface area contributed by atoms with Crippen molar-refractivity contribution in [1.29, 1.82) is 0 Å². The van der Waals surface area contributed by atoms with Crippen molar-refractivity contribution < 1.29 is 14.7 Å². The third-order valence-corrected chi connectivity index (χ3v) is 5.22. The van der Waals surface area contributed by atoms with Crippen LogP contribution in [0.15, 0.2) is 24.3 Å². The van der Waals surface area contributed by atoms with Gasteiger partial charge in [-0.05, 0) is 42.7 Å². The molecule has 0 heterocycles. The van der Waals surface area contributed by atoms with E-state index >= 15 is 0 Å². The lowest BCUT2D eigenvalue weighted by molar-refractivity contribution is -0.137. The van der Waals surface area contributed by atoms with E-state index in [2.05, 4.69) is 5.32 Å². The summed E-state index contributed by atoms with van der Waals surface area (Å²) < 4.78 is 0. The van der Waals surface area contributed by atoms with Gasteiger partial charge in [0, 0.05) is 5.92 Å². The van der Waals surface area contributed by atoms with Gasteiger partial charge in [-0.1, -0.05) is 37.1 Å². The number of rotatable bonds is 5. The molecule has 2 aliphatic rings. The molecule has 3 atom stereocenters. The highest BCUT2D eigenvalue weighted by Gasteiger charge is 2.54. The minimum absolute atomic E-state index is 0.0476. The van der Waals surface area contributed by atoms with Crippen LogP contribution in [0.4, 0.5) is 0 Å². The number of benzene rings is 1. The Morgan fingerprint density at radius 3 is 2.45 bits per heavy atom. The maximum absolute atomic E-state index is 12.5. The molecule has 2 fully saturated rings. The number of carboxylic acids is 1. The molecule has 22 heavy (non-hydrogen) atoms. The van der Waals surface area contributed by atoms with Crippen molar-refractivity contribution in [2.75, 3.05) is 0 Å². The summed E-state index contributed by atoms with van der Waals surface area (Å²) in [5.41, 5.74) is 1.92. The summed E-state index contributed by atoms with van der Waals surface area (Å²) >= 11 is 0. The number of amides is 1. The number of nitrogens with one attached hydrogen (secondary N) is 1. The van der Waals surface area contributed by atoms with Crippen LogP contribution in [0.3, 0.4) is 0 Å². The summed E-state index contributed by atoms with van der Waals surface area (Å²) in [7, 11) is 0. The molecule has 0 aromatic heterocycles. The van der Waals surface area contributed by atoms with Crippen LogP contribution >= 0.6 is 0 Å². The standard InChI is InChI=1S/C18H23NO3/c1-11-6-2-3-7-12(11)15(10-16(20)21)19-18(22)17-13-8-4-5-9-14(13)17/h2-3,6-7,13-15,17H,4-5,8-10H2,1H3,(H,19,22)(H,20,21). The first-order valence-electron chi connectivity index (χ1n) is 8.15. The molecule has 0 aliphatic heterocycles. The van der Waals surface area contributed by atoms with Crippen molar-refractivity contribution in [1.82, 2.24) is 5.32 Å². The Kier molecular flexibility index (Phi) is 4.19. The molecule has 0 spiro atoms. The van der Waals surface area contributed by atoms with Gasteiger partial charge in [-0.15, -0.1) is 0 Å². The van der Waals surface area contributed by atoms with Crippen molar-refractivity contribution in [2.24, 2.45) is 17.8 Å². The predicted octanol–water partition coefficient (Wildman–Crippen LogP) is 3.06. The number of hydrogen-bond donors (Lipinski definition) is 2. The summed E-state index contributed by atoms with van der Waals surface area (Å²) in [5, 5.41) is 12.2. The first kappa shape index (κ1) is 15.1. The Morgan fingerprint density at radius 1 is 1.23 bits per heavy atom. The molecule has 4 nitrogen and oxygen atoms in total. The number of carboxylic acid groups (broad SMARTS) is 1. The van der Waals surface area contributed by atoms with Crippen LogP contribution in [-0.2, 0) is 9.59 Å². The molecule has 0 radical (unpaired) electrons. The second kappa shape index (κ2) is 6.11. The molecule has 2 N–H and O–H groups in total. The van der Waals surface area contributed by atoms with Crippen molar-refractivity contribution in [3.63, 3.8) is 0 Å². The number of fused-ring (bicyclic) bond motifs is 1. The van der Waals surface area contributed by atoms with Crippen LogP contribution in [0, 0.1) is 24.7 Å². The number of carbonyl (C=O) groups excluding carboxylic acids is 1. The monoisotopic (exact) mass is 301 g/mol. The Balaban J connectivity index is 1.72. The largest absolute Gasteiger partial charge is 0.481 e. The minimum atomic E-state index is -0.887. The molecule has 118 valence electrons. The maximum atomic E-state index is 12.5. The molecule has 2 aliphatic carbocycles. The van der Waals surface area contributed by atoms with E-state index in [9.17, 15) is 9.59 Å².